The highest BCUT2D eigenvalue weighted by molar-refractivity contribution is 7.89. The average Bonchev–Trinajstić information content (AvgIpc) is 2.26. The molecular weight excluding hydrogens is 265 g/mol. The van der Waals surface area contributed by atoms with Crippen LogP contribution < -0.4 is 4.72 Å². The molecule has 0 amide bonds. The molecule has 0 aliphatic carbocycles. The first-order valence-corrected chi connectivity index (χ1v) is 7.45. The van der Waals surface area contributed by atoms with Crippen LogP contribution in [0.3, 0.4) is 0 Å². The van der Waals surface area contributed by atoms with Crippen molar-refractivity contribution in [1.29, 1.82) is 0 Å². The number of halogens is 2. The molecule has 0 radical (unpaired) electrons. The van der Waals surface area contributed by atoms with Crippen LogP contribution in [0, 0.1) is 5.82 Å². The van der Waals surface area contributed by atoms with E-state index in [1.165, 1.54) is 12.1 Å². The molecule has 0 saturated carbocycles. The van der Waals surface area contributed by atoms with Crippen LogP contribution in [0.5, 0.6) is 0 Å². The second-order valence-corrected chi connectivity index (χ2v) is 6.01. The van der Waals surface area contributed by atoms with E-state index in [1.54, 1.807) is 19.1 Å². The SMILES string of the molecule is C[C@@H](NS(=O)(=O)CCCCl)c1cccc(F)c1. The fourth-order valence-electron chi connectivity index (χ4n) is 1.42. The van der Waals surface area contributed by atoms with E-state index < -0.39 is 16.1 Å². The molecule has 0 heterocycles. The molecule has 6 heteroatoms. The van der Waals surface area contributed by atoms with Gasteiger partial charge in [-0.1, -0.05) is 12.1 Å². The zero-order valence-corrected chi connectivity index (χ0v) is 11.1. The standard InChI is InChI=1S/C11H15ClFNO2S/c1-9(10-4-2-5-11(13)8-10)14-17(15,16)7-3-6-12/h2,4-5,8-9,14H,3,6-7H2,1H3/t9-/m1/s1. The maximum atomic E-state index is 13.0. The number of hydrogen-bond donors (Lipinski definition) is 1. The van der Waals surface area contributed by atoms with Crippen LogP contribution >= 0.6 is 11.6 Å². The molecule has 1 atom stereocenters. The van der Waals surface area contributed by atoms with Crippen molar-refractivity contribution in [2.24, 2.45) is 0 Å². The molecular formula is C11H15ClFNO2S. The third kappa shape index (κ3) is 5.02. The second kappa shape index (κ2) is 6.33. The maximum Gasteiger partial charge on any atom is 0.212 e. The van der Waals surface area contributed by atoms with Gasteiger partial charge in [0, 0.05) is 11.9 Å². The monoisotopic (exact) mass is 279 g/mol. The topological polar surface area (TPSA) is 46.2 Å². The molecule has 3 nitrogen and oxygen atoms in total. The zero-order valence-electron chi connectivity index (χ0n) is 9.49. The molecule has 0 aliphatic rings. The quantitative estimate of drug-likeness (QED) is 0.813. The van der Waals surface area contributed by atoms with Crippen molar-refractivity contribution in [3.05, 3.63) is 35.6 Å². The van der Waals surface area contributed by atoms with E-state index in [0.717, 1.165) is 0 Å². The predicted octanol–water partition coefficient (Wildman–Crippen LogP) is 2.44. The van der Waals surface area contributed by atoms with Crippen LogP contribution in [-0.4, -0.2) is 20.1 Å². The Morgan fingerprint density at radius 3 is 2.76 bits per heavy atom. The first-order valence-electron chi connectivity index (χ1n) is 5.26. The number of hydrogen-bond acceptors (Lipinski definition) is 2. The third-order valence-corrected chi connectivity index (χ3v) is 4.06. The van der Waals surface area contributed by atoms with Gasteiger partial charge in [0.05, 0.1) is 5.75 Å². The van der Waals surface area contributed by atoms with Gasteiger partial charge >= 0.3 is 0 Å². The molecule has 1 rings (SSSR count). The smallest absolute Gasteiger partial charge is 0.212 e. The van der Waals surface area contributed by atoms with Gasteiger partial charge in [0.2, 0.25) is 10.0 Å². The lowest BCUT2D eigenvalue weighted by Crippen LogP contribution is -2.29. The normalized spacial score (nSPS) is 13.6. The molecule has 17 heavy (non-hydrogen) atoms. The lowest BCUT2D eigenvalue weighted by Gasteiger charge is -2.14. The number of sulfonamides is 1. The number of nitrogens with one attached hydrogen (secondary N) is 1. The lowest BCUT2D eigenvalue weighted by atomic mass is 10.1. The van der Waals surface area contributed by atoms with Crippen LogP contribution in [-0.2, 0) is 10.0 Å². The summed E-state index contributed by atoms with van der Waals surface area (Å²) in [6.45, 7) is 1.67. The lowest BCUT2D eigenvalue weighted by molar-refractivity contribution is 0.563. The van der Waals surface area contributed by atoms with Gasteiger partial charge in [-0.2, -0.15) is 0 Å². The van der Waals surface area contributed by atoms with E-state index in [1.807, 2.05) is 0 Å². The van der Waals surface area contributed by atoms with E-state index >= 15 is 0 Å². The van der Waals surface area contributed by atoms with Gasteiger partial charge in [-0.15, -0.1) is 11.6 Å². The minimum Gasteiger partial charge on any atom is -0.212 e. The van der Waals surface area contributed by atoms with Gasteiger partial charge in [0.25, 0.3) is 0 Å². The summed E-state index contributed by atoms with van der Waals surface area (Å²) in [6, 6.07) is 5.41. The van der Waals surface area contributed by atoms with Gasteiger partial charge in [-0.3, -0.25) is 0 Å². The van der Waals surface area contributed by atoms with Crippen molar-refractivity contribution >= 4 is 21.6 Å². The van der Waals surface area contributed by atoms with Crippen molar-refractivity contribution in [3.8, 4) is 0 Å². The molecule has 0 aromatic heterocycles. The van der Waals surface area contributed by atoms with Crippen molar-refractivity contribution < 1.29 is 12.8 Å². The Labute approximate surface area is 106 Å². The minimum atomic E-state index is -3.36. The number of rotatable bonds is 6. The van der Waals surface area contributed by atoms with Crippen molar-refractivity contribution in [2.45, 2.75) is 19.4 Å². The van der Waals surface area contributed by atoms with E-state index in [4.69, 9.17) is 11.6 Å². The summed E-state index contributed by atoms with van der Waals surface area (Å²) in [5.74, 6) is -0.0971. The van der Waals surface area contributed by atoms with Crippen LogP contribution in [0.2, 0.25) is 0 Å². The van der Waals surface area contributed by atoms with Crippen molar-refractivity contribution in [3.63, 3.8) is 0 Å². The predicted molar refractivity (Wildman–Crippen MR) is 67.1 cm³/mol. The van der Waals surface area contributed by atoms with E-state index in [2.05, 4.69) is 4.72 Å². The summed E-state index contributed by atoms with van der Waals surface area (Å²) in [6.07, 6.45) is 0.396. The first-order chi connectivity index (χ1) is 7.94. The Balaban J connectivity index is 2.69. The molecule has 1 aromatic rings. The van der Waals surface area contributed by atoms with Gasteiger partial charge < -0.3 is 0 Å². The van der Waals surface area contributed by atoms with Crippen molar-refractivity contribution in [2.75, 3.05) is 11.6 Å². The summed E-state index contributed by atoms with van der Waals surface area (Å²) < 4.78 is 38.6. The van der Waals surface area contributed by atoms with Crippen molar-refractivity contribution in [1.82, 2.24) is 4.72 Å². The summed E-state index contributed by atoms with van der Waals surface area (Å²) in [5, 5.41) is 0. The first kappa shape index (κ1) is 14.4. The summed E-state index contributed by atoms with van der Waals surface area (Å²) in [4.78, 5) is 0. The highest BCUT2D eigenvalue weighted by atomic mass is 35.5. The molecule has 0 bridgehead atoms. The Hall–Kier alpha value is -0.650. The van der Waals surface area contributed by atoms with Crippen LogP contribution in [0.25, 0.3) is 0 Å². The molecule has 0 spiro atoms. The molecule has 1 aromatic carbocycles. The van der Waals surface area contributed by atoms with Gasteiger partial charge in [-0.05, 0) is 31.0 Å². The van der Waals surface area contributed by atoms with Crippen LogP contribution in [0.1, 0.15) is 24.9 Å². The van der Waals surface area contributed by atoms with Gasteiger partial charge in [0.15, 0.2) is 0 Å². The fourth-order valence-corrected chi connectivity index (χ4v) is 3.03. The summed E-state index contributed by atoms with van der Waals surface area (Å²) in [7, 11) is -3.36. The van der Waals surface area contributed by atoms with Gasteiger partial charge in [0.1, 0.15) is 5.82 Å². The van der Waals surface area contributed by atoms with Crippen LogP contribution in [0.4, 0.5) is 4.39 Å². The zero-order chi connectivity index (χ0) is 12.9. The average molecular weight is 280 g/mol. The highest BCUT2D eigenvalue weighted by Gasteiger charge is 2.15. The molecule has 96 valence electrons. The number of benzene rings is 1. The second-order valence-electron chi connectivity index (χ2n) is 3.76. The molecule has 0 fully saturated rings. The Morgan fingerprint density at radius 2 is 2.18 bits per heavy atom. The Bertz CT molecular complexity index is 464. The summed E-state index contributed by atoms with van der Waals surface area (Å²) in [5.41, 5.74) is 0.597. The maximum absolute atomic E-state index is 13.0. The third-order valence-electron chi connectivity index (χ3n) is 2.25. The molecule has 0 saturated heterocycles. The minimum absolute atomic E-state index is 0.0177. The van der Waals surface area contributed by atoms with Gasteiger partial charge in [-0.25, -0.2) is 17.5 Å². The molecule has 1 N–H and O–H groups in total. The fraction of sp³-hybridized carbons (Fsp3) is 0.455. The van der Waals surface area contributed by atoms with E-state index in [9.17, 15) is 12.8 Å². The Kier molecular flexibility index (Phi) is 5.36. The van der Waals surface area contributed by atoms with E-state index in [0.29, 0.717) is 17.9 Å². The molecule has 0 unspecified atom stereocenters. The Morgan fingerprint density at radius 1 is 1.47 bits per heavy atom. The summed E-state index contributed by atoms with van der Waals surface area (Å²) >= 11 is 5.44. The highest BCUT2D eigenvalue weighted by Crippen LogP contribution is 2.14. The van der Waals surface area contributed by atoms with E-state index in [-0.39, 0.29) is 11.6 Å². The number of alkyl halides is 1. The molecule has 0 aliphatic heterocycles. The largest absolute Gasteiger partial charge is 0.212 e. The van der Waals surface area contributed by atoms with Crippen LogP contribution in [0.15, 0.2) is 24.3 Å².